The third-order valence-corrected chi connectivity index (χ3v) is 5.09. The standard InChI is InChI=1S/C11H15BrN2O2S/c1-8-6-9(12)7-13-11(8)14-10-2-4-17(15,16)5-3-10/h6-7,10H,2-5H2,1H3,(H,13,14). The van der Waals surface area contributed by atoms with E-state index < -0.39 is 9.84 Å². The summed E-state index contributed by atoms with van der Waals surface area (Å²) < 4.78 is 23.6. The lowest BCUT2D eigenvalue weighted by molar-refractivity contribution is 0.559. The summed E-state index contributed by atoms with van der Waals surface area (Å²) >= 11 is 3.37. The first kappa shape index (κ1) is 12.8. The molecular formula is C11H15BrN2O2S. The van der Waals surface area contributed by atoms with Gasteiger partial charge in [0.2, 0.25) is 0 Å². The maximum atomic E-state index is 11.3. The number of aromatic nitrogens is 1. The Kier molecular flexibility index (Phi) is 3.73. The average Bonchev–Trinajstić information content (AvgIpc) is 2.25. The van der Waals surface area contributed by atoms with Crippen LogP contribution in [0.5, 0.6) is 0 Å². The van der Waals surface area contributed by atoms with Crippen molar-refractivity contribution in [1.29, 1.82) is 0 Å². The van der Waals surface area contributed by atoms with Crippen LogP contribution in [0.2, 0.25) is 0 Å². The Hall–Kier alpha value is -0.620. The fourth-order valence-corrected chi connectivity index (χ4v) is 3.86. The van der Waals surface area contributed by atoms with E-state index in [9.17, 15) is 8.42 Å². The van der Waals surface area contributed by atoms with E-state index in [0.29, 0.717) is 12.8 Å². The largest absolute Gasteiger partial charge is 0.367 e. The van der Waals surface area contributed by atoms with Crippen LogP contribution in [-0.2, 0) is 9.84 Å². The van der Waals surface area contributed by atoms with Crippen LogP contribution in [0.4, 0.5) is 5.82 Å². The number of nitrogens with one attached hydrogen (secondary N) is 1. The average molecular weight is 319 g/mol. The molecule has 6 heteroatoms. The molecule has 94 valence electrons. The predicted molar refractivity (Wildman–Crippen MR) is 72.0 cm³/mol. The lowest BCUT2D eigenvalue weighted by atomic mass is 10.1. The molecule has 2 heterocycles. The smallest absolute Gasteiger partial charge is 0.150 e. The Morgan fingerprint density at radius 3 is 2.65 bits per heavy atom. The van der Waals surface area contributed by atoms with Gasteiger partial charge in [0, 0.05) is 16.7 Å². The topological polar surface area (TPSA) is 59.1 Å². The summed E-state index contributed by atoms with van der Waals surface area (Å²) in [5.41, 5.74) is 1.06. The van der Waals surface area contributed by atoms with Gasteiger partial charge in [0.1, 0.15) is 15.7 Å². The van der Waals surface area contributed by atoms with E-state index in [-0.39, 0.29) is 17.5 Å². The normalized spacial score (nSPS) is 20.1. The molecule has 17 heavy (non-hydrogen) atoms. The second-order valence-electron chi connectivity index (χ2n) is 4.39. The van der Waals surface area contributed by atoms with Gasteiger partial charge in [-0.05, 0) is 47.3 Å². The highest BCUT2D eigenvalue weighted by molar-refractivity contribution is 9.10. The molecule has 1 saturated heterocycles. The Morgan fingerprint density at radius 2 is 2.06 bits per heavy atom. The van der Waals surface area contributed by atoms with Crippen LogP contribution in [0.25, 0.3) is 0 Å². The summed E-state index contributed by atoms with van der Waals surface area (Å²) in [6, 6.07) is 2.21. The van der Waals surface area contributed by atoms with Crippen LogP contribution in [-0.4, -0.2) is 30.9 Å². The van der Waals surface area contributed by atoms with Crippen molar-refractivity contribution in [2.75, 3.05) is 16.8 Å². The molecule has 4 nitrogen and oxygen atoms in total. The van der Waals surface area contributed by atoms with Gasteiger partial charge in [0.25, 0.3) is 0 Å². The van der Waals surface area contributed by atoms with E-state index in [4.69, 9.17) is 0 Å². The van der Waals surface area contributed by atoms with Crippen molar-refractivity contribution in [2.24, 2.45) is 0 Å². The van der Waals surface area contributed by atoms with Gasteiger partial charge in [-0.2, -0.15) is 0 Å². The number of halogens is 1. The molecule has 1 aromatic rings. The van der Waals surface area contributed by atoms with E-state index in [0.717, 1.165) is 15.9 Å². The maximum Gasteiger partial charge on any atom is 0.150 e. The zero-order valence-corrected chi connectivity index (χ0v) is 12.0. The molecule has 0 aliphatic carbocycles. The molecule has 1 aliphatic rings. The van der Waals surface area contributed by atoms with Gasteiger partial charge < -0.3 is 5.32 Å². The summed E-state index contributed by atoms with van der Waals surface area (Å²) in [4.78, 5) is 4.30. The molecule has 1 N–H and O–H groups in total. The molecule has 2 rings (SSSR count). The number of pyridine rings is 1. The number of hydrogen-bond acceptors (Lipinski definition) is 4. The first-order valence-corrected chi connectivity index (χ1v) is 8.17. The number of aryl methyl sites for hydroxylation is 1. The van der Waals surface area contributed by atoms with Crippen LogP contribution in [0.3, 0.4) is 0 Å². The fourth-order valence-electron chi connectivity index (χ4n) is 1.92. The number of rotatable bonds is 2. The summed E-state index contributed by atoms with van der Waals surface area (Å²) in [5, 5.41) is 3.32. The number of nitrogens with zero attached hydrogens (tertiary/aromatic N) is 1. The van der Waals surface area contributed by atoms with Crippen molar-refractivity contribution in [2.45, 2.75) is 25.8 Å². The van der Waals surface area contributed by atoms with Crippen LogP contribution in [0.1, 0.15) is 18.4 Å². The van der Waals surface area contributed by atoms with Gasteiger partial charge in [-0.25, -0.2) is 13.4 Å². The number of anilines is 1. The van der Waals surface area contributed by atoms with E-state index in [1.807, 2.05) is 13.0 Å². The van der Waals surface area contributed by atoms with Crippen molar-refractivity contribution < 1.29 is 8.42 Å². The summed E-state index contributed by atoms with van der Waals surface area (Å²) in [6.07, 6.45) is 3.08. The molecule has 1 aliphatic heterocycles. The molecule has 0 atom stereocenters. The quantitative estimate of drug-likeness (QED) is 0.907. The monoisotopic (exact) mass is 318 g/mol. The third kappa shape index (κ3) is 3.42. The summed E-state index contributed by atoms with van der Waals surface area (Å²) in [6.45, 7) is 1.99. The van der Waals surface area contributed by atoms with Gasteiger partial charge in [-0.15, -0.1) is 0 Å². The van der Waals surface area contributed by atoms with E-state index in [1.54, 1.807) is 6.20 Å². The molecule has 1 fully saturated rings. The number of hydrogen-bond donors (Lipinski definition) is 1. The van der Waals surface area contributed by atoms with Gasteiger partial charge >= 0.3 is 0 Å². The van der Waals surface area contributed by atoms with E-state index >= 15 is 0 Å². The fraction of sp³-hybridized carbons (Fsp3) is 0.545. The van der Waals surface area contributed by atoms with Gasteiger partial charge in [-0.3, -0.25) is 0 Å². The van der Waals surface area contributed by atoms with Gasteiger partial charge in [-0.1, -0.05) is 0 Å². The Bertz CT molecular complexity index is 502. The van der Waals surface area contributed by atoms with Crippen molar-refractivity contribution in [3.8, 4) is 0 Å². The summed E-state index contributed by atoms with van der Waals surface area (Å²) in [5.74, 6) is 1.40. The third-order valence-electron chi connectivity index (χ3n) is 2.94. The van der Waals surface area contributed by atoms with Gasteiger partial charge in [0.15, 0.2) is 0 Å². The molecule has 0 unspecified atom stereocenters. The molecule has 0 bridgehead atoms. The maximum absolute atomic E-state index is 11.3. The van der Waals surface area contributed by atoms with Crippen molar-refractivity contribution in [3.63, 3.8) is 0 Å². The second-order valence-corrected chi connectivity index (χ2v) is 7.61. The lowest BCUT2D eigenvalue weighted by Gasteiger charge is -2.24. The van der Waals surface area contributed by atoms with Crippen molar-refractivity contribution in [1.82, 2.24) is 4.98 Å². The molecule has 1 aromatic heterocycles. The minimum atomic E-state index is -2.79. The minimum Gasteiger partial charge on any atom is -0.367 e. The highest BCUT2D eigenvalue weighted by Gasteiger charge is 2.23. The van der Waals surface area contributed by atoms with Crippen LogP contribution < -0.4 is 5.32 Å². The first-order valence-electron chi connectivity index (χ1n) is 5.55. The zero-order valence-electron chi connectivity index (χ0n) is 9.61. The van der Waals surface area contributed by atoms with E-state index in [2.05, 4.69) is 26.2 Å². The lowest BCUT2D eigenvalue weighted by Crippen LogP contribution is -2.32. The van der Waals surface area contributed by atoms with Crippen LogP contribution in [0.15, 0.2) is 16.7 Å². The Labute approximate surface area is 110 Å². The van der Waals surface area contributed by atoms with Crippen molar-refractivity contribution in [3.05, 3.63) is 22.3 Å². The Balaban J connectivity index is 2.02. The Morgan fingerprint density at radius 1 is 1.41 bits per heavy atom. The summed E-state index contributed by atoms with van der Waals surface area (Å²) in [7, 11) is -2.79. The SMILES string of the molecule is Cc1cc(Br)cnc1NC1CCS(=O)(=O)CC1. The first-order chi connectivity index (χ1) is 7.96. The molecule has 0 saturated carbocycles. The molecule has 0 amide bonds. The zero-order chi connectivity index (χ0) is 12.5. The minimum absolute atomic E-state index is 0.214. The van der Waals surface area contributed by atoms with Gasteiger partial charge in [0.05, 0.1) is 11.5 Å². The predicted octanol–water partition coefficient (Wildman–Crippen LogP) is 2.14. The highest BCUT2D eigenvalue weighted by Crippen LogP contribution is 2.21. The second kappa shape index (κ2) is 4.94. The highest BCUT2D eigenvalue weighted by atomic mass is 79.9. The van der Waals surface area contributed by atoms with Crippen LogP contribution in [0, 0.1) is 6.92 Å². The molecule has 0 aromatic carbocycles. The van der Waals surface area contributed by atoms with Crippen molar-refractivity contribution >= 4 is 31.6 Å². The van der Waals surface area contributed by atoms with Crippen LogP contribution >= 0.6 is 15.9 Å². The molecular weight excluding hydrogens is 304 g/mol. The number of sulfone groups is 1. The molecule has 0 spiro atoms. The molecule has 0 radical (unpaired) electrons. The van der Waals surface area contributed by atoms with E-state index in [1.165, 1.54) is 0 Å².